The van der Waals surface area contributed by atoms with Gasteiger partial charge in [0, 0.05) is 24.7 Å². The maximum atomic E-state index is 13.5. The fourth-order valence-electron chi connectivity index (χ4n) is 5.94. The number of aliphatic hydroxyl groups excluding tert-OH is 1. The quantitative estimate of drug-likeness (QED) is 0.842. The van der Waals surface area contributed by atoms with Crippen LogP contribution in [0.5, 0.6) is 0 Å². The smallest absolute Gasteiger partial charge is 0.254 e. The number of carbonyl (C=O) groups is 1. The molecule has 2 aliphatic heterocycles. The lowest BCUT2D eigenvalue weighted by atomic mass is 9.77. The topological polar surface area (TPSA) is 43.8 Å². The van der Waals surface area contributed by atoms with Crippen LogP contribution >= 0.6 is 0 Å². The largest absolute Gasteiger partial charge is 0.391 e. The predicted molar refractivity (Wildman–Crippen MR) is 119 cm³/mol. The molecule has 2 aromatic rings. The van der Waals surface area contributed by atoms with E-state index >= 15 is 0 Å². The molecule has 2 heterocycles. The standard InChI is InChI=1S/C26H32N2O2/c1-18-7-6-8-19(13-18)22-9-2-3-10-23(22)26(30)28-16-20-14-24(27-11-4-5-12-27)25(29)15-21(20)17-28/h2-3,6-10,13,20-21,24-25,29H,4-5,11-12,14-17H2,1H3/t20-,21+,24-,25-/m1/s1. The lowest BCUT2D eigenvalue weighted by molar-refractivity contribution is -0.000864. The van der Waals surface area contributed by atoms with Gasteiger partial charge < -0.3 is 10.0 Å². The second-order valence-corrected chi connectivity index (χ2v) is 9.49. The van der Waals surface area contributed by atoms with Crippen molar-refractivity contribution in [2.75, 3.05) is 26.2 Å². The summed E-state index contributed by atoms with van der Waals surface area (Å²) in [5.41, 5.74) is 4.10. The fraction of sp³-hybridized carbons (Fsp3) is 0.500. The summed E-state index contributed by atoms with van der Waals surface area (Å²) >= 11 is 0. The highest BCUT2D eigenvalue weighted by Crippen LogP contribution is 2.40. The van der Waals surface area contributed by atoms with Gasteiger partial charge in [0.1, 0.15) is 0 Å². The molecule has 2 aromatic carbocycles. The Morgan fingerprint density at radius 2 is 1.70 bits per heavy atom. The number of rotatable bonds is 3. The lowest BCUT2D eigenvalue weighted by Gasteiger charge is -2.40. The number of nitrogens with zero attached hydrogens (tertiary/aromatic N) is 2. The Bertz CT molecular complexity index is 921. The zero-order valence-electron chi connectivity index (χ0n) is 17.8. The normalized spacial score (nSPS) is 29.2. The van der Waals surface area contributed by atoms with Crippen LogP contribution < -0.4 is 0 Å². The Balaban J connectivity index is 1.35. The van der Waals surface area contributed by atoms with Crippen LogP contribution in [0.1, 0.15) is 41.6 Å². The number of likely N-dealkylation sites (tertiary alicyclic amines) is 2. The maximum Gasteiger partial charge on any atom is 0.254 e. The van der Waals surface area contributed by atoms with Gasteiger partial charge in [0.05, 0.1) is 6.10 Å². The highest BCUT2D eigenvalue weighted by molar-refractivity contribution is 6.01. The molecule has 1 saturated carbocycles. The van der Waals surface area contributed by atoms with E-state index in [1.165, 1.54) is 18.4 Å². The molecule has 1 amide bonds. The third-order valence-electron chi connectivity index (χ3n) is 7.49. The monoisotopic (exact) mass is 404 g/mol. The Labute approximate surface area is 179 Å². The lowest BCUT2D eigenvalue weighted by Crippen LogP contribution is -2.48. The van der Waals surface area contributed by atoms with Crippen molar-refractivity contribution in [2.24, 2.45) is 11.8 Å². The summed E-state index contributed by atoms with van der Waals surface area (Å²) < 4.78 is 0. The molecular weight excluding hydrogens is 372 g/mol. The molecule has 30 heavy (non-hydrogen) atoms. The highest BCUT2D eigenvalue weighted by atomic mass is 16.3. The Morgan fingerprint density at radius 1 is 0.967 bits per heavy atom. The summed E-state index contributed by atoms with van der Waals surface area (Å²) in [4.78, 5) is 18.1. The minimum Gasteiger partial charge on any atom is -0.391 e. The van der Waals surface area contributed by atoms with Crippen molar-refractivity contribution in [1.82, 2.24) is 9.80 Å². The Kier molecular flexibility index (Phi) is 5.38. The van der Waals surface area contributed by atoms with Crippen molar-refractivity contribution < 1.29 is 9.90 Å². The molecule has 0 radical (unpaired) electrons. The molecule has 0 spiro atoms. The van der Waals surface area contributed by atoms with Crippen molar-refractivity contribution in [2.45, 2.75) is 44.8 Å². The molecule has 0 unspecified atom stereocenters. The molecular formula is C26H32N2O2. The van der Waals surface area contributed by atoms with E-state index in [0.29, 0.717) is 11.8 Å². The molecule has 4 nitrogen and oxygen atoms in total. The first kappa shape index (κ1) is 19.8. The van der Waals surface area contributed by atoms with E-state index in [1.54, 1.807) is 0 Å². The minimum absolute atomic E-state index is 0.133. The molecule has 5 rings (SSSR count). The minimum atomic E-state index is -0.251. The van der Waals surface area contributed by atoms with Crippen molar-refractivity contribution in [3.63, 3.8) is 0 Å². The van der Waals surface area contributed by atoms with E-state index in [1.807, 2.05) is 23.1 Å². The average molecular weight is 405 g/mol. The molecule has 3 fully saturated rings. The zero-order valence-corrected chi connectivity index (χ0v) is 17.8. The first-order valence-corrected chi connectivity index (χ1v) is 11.5. The van der Waals surface area contributed by atoms with E-state index in [4.69, 9.17) is 0 Å². The maximum absolute atomic E-state index is 13.5. The average Bonchev–Trinajstić information content (AvgIpc) is 3.42. The van der Waals surface area contributed by atoms with Gasteiger partial charge in [0.2, 0.25) is 0 Å². The first-order valence-electron chi connectivity index (χ1n) is 11.5. The Morgan fingerprint density at radius 3 is 2.47 bits per heavy atom. The molecule has 3 aliphatic rings. The third-order valence-corrected chi connectivity index (χ3v) is 7.49. The molecule has 4 atom stereocenters. The third kappa shape index (κ3) is 3.67. The molecule has 0 bridgehead atoms. The summed E-state index contributed by atoms with van der Waals surface area (Å²) in [5.74, 6) is 1.07. The van der Waals surface area contributed by atoms with Gasteiger partial charge in [-0.15, -0.1) is 0 Å². The van der Waals surface area contributed by atoms with Crippen molar-refractivity contribution in [3.8, 4) is 11.1 Å². The first-order chi connectivity index (χ1) is 14.6. The van der Waals surface area contributed by atoms with Gasteiger partial charge in [0.25, 0.3) is 5.91 Å². The van der Waals surface area contributed by atoms with Gasteiger partial charge in [-0.1, -0.05) is 48.0 Å². The molecule has 158 valence electrons. The molecule has 4 heteroatoms. The van der Waals surface area contributed by atoms with Crippen LogP contribution in [0.2, 0.25) is 0 Å². The number of aliphatic hydroxyl groups is 1. The van der Waals surface area contributed by atoms with Gasteiger partial charge in [-0.2, -0.15) is 0 Å². The number of amides is 1. The fourth-order valence-corrected chi connectivity index (χ4v) is 5.94. The summed E-state index contributed by atoms with van der Waals surface area (Å²) in [6.07, 6.45) is 4.10. The van der Waals surface area contributed by atoms with Gasteiger partial charge in [0.15, 0.2) is 0 Å². The van der Waals surface area contributed by atoms with Crippen molar-refractivity contribution in [1.29, 1.82) is 0 Å². The van der Waals surface area contributed by atoms with Crippen LogP contribution in [-0.2, 0) is 0 Å². The second-order valence-electron chi connectivity index (χ2n) is 9.49. The zero-order chi connectivity index (χ0) is 20.7. The van der Waals surface area contributed by atoms with Crippen LogP contribution in [-0.4, -0.2) is 59.1 Å². The van der Waals surface area contributed by atoms with E-state index in [0.717, 1.165) is 55.7 Å². The van der Waals surface area contributed by atoms with Crippen LogP contribution in [0.15, 0.2) is 48.5 Å². The molecule has 2 saturated heterocycles. The summed E-state index contributed by atoms with van der Waals surface area (Å²) in [5, 5.41) is 10.8. The van der Waals surface area contributed by atoms with Crippen LogP contribution in [0.3, 0.4) is 0 Å². The number of benzene rings is 2. The van der Waals surface area contributed by atoms with Gasteiger partial charge in [-0.3, -0.25) is 9.69 Å². The van der Waals surface area contributed by atoms with E-state index in [-0.39, 0.29) is 18.1 Å². The van der Waals surface area contributed by atoms with Gasteiger partial charge in [-0.05, 0) is 74.7 Å². The number of fused-ring (bicyclic) bond motifs is 1. The van der Waals surface area contributed by atoms with E-state index in [2.05, 4.69) is 42.2 Å². The highest BCUT2D eigenvalue weighted by Gasteiger charge is 2.45. The van der Waals surface area contributed by atoms with Crippen LogP contribution in [0.4, 0.5) is 0 Å². The number of hydrogen-bond acceptors (Lipinski definition) is 3. The Hall–Kier alpha value is -2.17. The predicted octanol–water partition coefficient (Wildman–Crippen LogP) is 3.97. The SMILES string of the molecule is Cc1cccc(-c2ccccc2C(=O)N2C[C@H]3C[C@@H](N4CCCC4)[C@H](O)C[C@H]3C2)c1. The van der Waals surface area contributed by atoms with E-state index in [9.17, 15) is 9.90 Å². The summed E-state index contributed by atoms with van der Waals surface area (Å²) in [6, 6.07) is 16.6. The second kappa shape index (κ2) is 8.16. The summed E-state index contributed by atoms with van der Waals surface area (Å²) in [6.45, 7) is 5.91. The van der Waals surface area contributed by atoms with Gasteiger partial charge in [-0.25, -0.2) is 0 Å². The number of carbonyl (C=O) groups excluding carboxylic acids is 1. The number of hydrogen-bond donors (Lipinski definition) is 1. The van der Waals surface area contributed by atoms with Crippen LogP contribution in [0, 0.1) is 18.8 Å². The van der Waals surface area contributed by atoms with Gasteiger partial charge >= 0.3 is 0 Å². The van der Waals surface area contributed by atoms with Crippen molar-refractivity contribution in [3.05, 3.63) is 59.7 Å². The molecule has 1 N–H and O–H groups in total. The number of aryl methyl sites for hydroxylation is 1. The summed E-state index contributed by atoms with van der Waals surface area (Å²) in [7, 11) is 0. The van der Waals surface area contributed by atoms with E-state index < -0.39 is 0 Å². The van der Waals surface area contributed by atoms with Crippen LogP contribution in [0.25, 0.3) is 11.1 Å². The molecule has 1 aliphatic carbocycles. The molecule has 0 aromatic heterocycles. The van der Waals surface area contributed by atoms with Crippen molar-refractivity contribution >= 4 is 5.91 Å².